The summed E-state index contributed by atoms with van der Waals surface area (Å²) >= 11 is 0. The molecule has 0 aromatic carbocycles. The van der Waals surface area contributed by atoms with Crippen LogP contribution in [0.5, 0.6) is 0 Å². The number of rotatable bonds is 8. The summed E-state index contributed by atoms with van der Waals surface area (Å²) in [7, 11) is 2.09. The molecule has 2 aliphatic heterocycles. The summed E-state index contributed by atoms with van der Waals surface area (Å²) in [4.78, 5) is 24.8. The van der Waals surface area contributed by atoms with Crippen molar-refractivity contribution in [2.75, 3.05) is 63.6 Å². The minimum atomic E-state index is -4.61. The van der Waals surface area contributed by atoms with E-state index < -0.39 is 17.2 Å². The number of halogens is 3. The van der Waals surface area contributed by atoms with Crippen molar-refractivity contribution in [2.24, 2.45) is 5.41 Å². The molecule has 13 heteroatoms. The topological polar surface area (TPSA) is 100 Å². The maximum Gasteiger partial charge on any atom is 0.421 e. The first-order chi connectivity index (χ1) is 17.9. The van der Waals surface area contributed by atoms with E-state index in [4.69, 9.17) is 4.74 Å². The molecular formula is C25H37F3N8O2. The number of hydrogen-bond acceptors (Lipinski definition) is 8. The van der Waals surface area contributed by atoms with Gasteiger partial charge in [0.25, 0.3) is 0 Å². The van der Waals surface area contributed by atoms with E-state index in [1.54, 1.807) is 4.90 Å². The summed E-state index contributed by atoms with van der Waals surface area (Å²) in [5.74, 6) is -0.273. The molecule has 2 saturated heterocycles. The lowest BCUT2D eigenvalue weighted by atomic mass is 9.93. The van der Waals surface area contributed by atoms with Crippen molar-refractivity contribution in [1.82, 2.24) is 29.5 Å². The maximum absolute atomic E-state index is 13.7. The van der Waals surface area contributed by atoms with E-state index in [9.17, 15) is 18.0 Å². The first kappa shape index (κ1) is 28.1. The molecule has 2 aromatic rings. The quantitative estimate of drug-likeness (QED) is 0.491. The molecule has 0 spiro atoms. The van der Waals surface area contributed by atoms with Crippen molar-refractivity contribution in [1.29, 1.82) is 0 Å². The van der Waals surface area contributed by atoms with Crippen LogP contribution in [0.2, 0.25) is 0 Å². The van der Waals surface area contributed by atoms with Gasteiger partial charge in [0.2, 0.25) is 11.9 Å². The van der Waals surface area contributed by atoms with Crippen LogP contribution in [0.15, 0.2) is 12.4 Å². The van der Waals surface area contributed by atoms with E-state index in [1.807, 2.05) is 31.6 Å². The van der Waals surface area contributed by atoms with Crippen LogP contribution in [-0.2, 0) is 15.7 Å². The van der Waals surface area contributed by atoms with Crippen LogP contribution in [0.4, 0.5) is 30.6 Å². The molecule has 0 radical (unpaired) electrons. The number of piperidine rings is 1. The minimum absolute atomic E-state index is 0.0179. The maximum atomic E-state index is 13.7. The molecule has 0 bridgehead atoms. The summed E-state index contributed by atoms with van der Waals surface area (Å²) in [6.07, 6.45) is 0.451. The number of hydrogen-bond donors (Lipinski definition) is 2. The van der Waals surface area contributed by atoms with Gasteiger partial charge < -0.3 is 25.2 Å². The Bertz CT molecular complexity index is 1110. The van der Waals surface area contributed by atoms with Gasteiger partial charge in [0, 0.05) is 32.0 Å². The molecule has 0 unspecified atom stereocenters. The summed E-state index contributed by atoms with van der Waals surface area (Å²) in [5, 5.41) is 10.4. The van der Waals surface area contributed by atoms with Gasteiger partial charge in [0.05, 0.1) is 36.1 Å². The Balaban J connectivity index is 1.42. The number of carbonyl (C=O) groups is 1. The number of amides is 1. The Morgan fingerprint density at radius 1 is 1.21 bits per heavy atom. The third kappa shape index (κ3) is 6.73. The summed E-state index contributed by atoms with van der Waals surface area (Å²) in [6.45, 7) is 9.34. The van der Waals surface area contributed by atoms with Gasteiger partial charge in [0.1, 0.15) is 11.4 Å². The number of likely N-dealkylation sites (tertiary alicyclic amines) is 1. The Morgan fingerprint density at radius 2 is 1.95 bits per heavy atom. The Labute approximate surface area is 220 Å². The lowest BCUT2D eigenvalue weighted by molar-refractivity contribution is -0.140. The van der Waals surface area contributed by atoms with Crippen molar-refractivity contribution in [3.8, 4) is 0 Å². The second-order valence-electron chi connectivity index (χ2n) is 10.7. The standard InChI is InChI=1S/C25H37F3N8O2/c1-17-20(15-36(33-17)18-6-10-34(4)11-7-18)31-23-30-14-19(25(26,27)28)21(32-23)29-8-5-9-35-12-13-38-16-24(2,3)22(35)37/h14-15,18H,5-13,16H2,1-4H3,(H2,29,30,31,32). The van der Waals surface area contributed by atoms with Crippen molar-refractivity contribution in [3.05, 3.63) is 23.7 Å². The molecule has 210 valence electrons. The predicted octanol–water partition coefficient (Wildman–Crippen LogP) is 3.70. The molecule has 10 nitrogen and oxygen atoms in total. The van der Waals surface area contributed by atoms with Gasteiger partial charge in [-0.3, -0.25) is 9.48 Å². The number of anilines is 3. The molecule has 0 atom stereocenters. The summed E-state index contributed by atoms with van der Waals surface area (Å²) < 4.78 is 48.4. The second-order valence-corrected chi connectivity index (χ2v) is 10.7. The normalized spacial score (nSPS) is 19.4. The lowest BCUT2D eigenvalue weighted by Gasteiger charge is -2.28. The van der Waals surface area contributed by atoms with Gasteiger partial charge in [-0.1, -0.05) is 0 Å². The van der Waals surface area contributed by atoms with Crippen LogP contribution >= 0.6 is 0 Å². The smallest absolute Gasteiger partial charge is 0.379 e. The van der Waals surface area contributed by atoms with Gasteiger partial charge in [0.15, 0.2) is 0 Å². The fourth-order valence-corrected chi connectivity index (χ4v) is 4.74. The van der Waals surface area contributed by atoms with Gasteiger partial charge in [-0.2, -0.15) is 23.3 Å². The van der Waals surface area contributed by atoms with E-state index in [2.05, 4.69) is 37.6 Å². The average Bonchev–Trinajstić information content (AvgIpc) is 3.15. The van der Waals surface area contributed by atoms with Gasteiger partial charge in [-0.25, -0.2) is 4.98 Å². The summed E-state index contributed by atoms with van der Waals surface area (Å²) in [5.41, 5.74) is -0.197. The molecule has 4 heterocycles. The molecule has 0 saturated carbocycles. The number of nitrogens with one attached hydrogen (secondary N) is 2. The molecule has 2 aromatic heterocycles. The van der Waals surface area contributed by atoms with Crippen LogP contribution in [0.3, 0.4) is 0 Å². The zero-order valence-corrected chi connectivity index (χ0v) is 22.4. The second kappa shape index (κ2) is 11.4. The average molecular weight is 539 g/mol. The van der Waals surface area contributed by atoms with Crippen LogP contribution in [0.1, 0.15) is 50.4 Å². The van der Waals surface area contributed by atoms with Gasteiger partial charge in [-0.05, 0) is 60.2 Å². The van der Waals surface area contributed by atoms with Crippen LogP contribution < -0.4 is 10.6 Å². The third-order valence-corrected chi connectivity index (χ3v) is 7.05. The number of alkyl halides is 3. The highest BCUT2D eigenvalue weighted by Gasteiger charge is 2.36. The Hall–Kier alpha value is -2.93. The molecule has 1 amide bonds. The highest BCUT2D eigenvalue weighted by Crippen LogP contribution is 2.34. The molecule has 2 fully saturated rings. The number of carbonyl (C=O) groups excluding carboxylic acids is 1. The van der Waals surface area contributed by atoms with Crippen LogP contribution in [0.25, 0.3) is 0 Å². The van der Waals surface area contributed by atoms with E-state index in [-0.39, 0.29) is 30.3 Å². The first-order valence-corrected chi connectivity index (χ1v) is 13.0. The first-order valence-electron chi connectivity index (χ1n) is 13.0. The van der Waals surface area contributed by atoms with Crippen molar-refractivity contribution >= 4 is 23.4 Å². The van der Waals surface area contributed by atoms with E-state index in [0.717, 1.165) is 37.8 Å². The fourth-order valence-electron chi connectivity index (χ4n) is 4.74. The monoisotopic (exact) mass is 538 g/mol. The van der Waals surface area contributed by atoms with Gasteiger partial charge >= 0.3 is 6.18 Å². The van der Waals surface area contributed by atoms with E-state index in [1.165, 1.54) is 0 Å². The molecule has 0 aliphatic carbocycles. The highest BCUT2D eigenvalue weighted by atomic mass is 19.4. The summed E-state index contributed by atoms with van der Waals surface area (Å²) in [6, 6.07) is 0.277. The highest BCUT2D eigenvalue weighted by molar-refractivity contribution is 5.82. The van der Waals surface area contributed by atoms with E-state index in [0.29, 0.717) is 38.4 Å². The number of aromatic nitrogens is 4. The van der Waals surface area contributed by atoms with Crippen LogP contribution in [-0.4, -0.2) is 88.4 Å². The van der Waals surface area contributed by atoms with E-state index >= 15 is 0 Å². The zero-order valence-electron chi connectivity index (χ0n) is 22.4. The lowest BCUT2D eigenvalue weighted by Crippen LogP contribution is -2.42. The molecule has 38 heavy (non-hydrogen) atoms. The van der Waals surface area contributed by atoms with Crippen LogP contribution in [0, 0.1) is 12.3 Å². The van der Waals surface area contributed by atoms with Crippen molar-refractivity contribution < 1.29 is 22.7 Å². The Kier molecular flexibility index (Phi) is 8.46. The number of ether oxygens (including phenoxy) is 1. The predicted molar refractivity (Wildman–Crippen MR) is 137 cm³/mol. The zero-order chi connectivity index (χ0) is 27.5. The molecule has 2 N–H and O–H groups in total. The number of aryl methyl sites for hydroxylation is 1. The Morgan fingerprint density at radius 3 is 2.66 bits per heavy atom. The molecule has 2 aliphatic rings. The minimum Gasteiger partial charge on any atom is -0.379 e. The fraction of sp³-hybridized carbons (Fsp3) is 0.680. The van der Waals surface area contributed by atoms with Gasteiger partial charge in [-0.15, -0.1) is 0 Å². The number of nitrogens with zero attached hydrogens (tertiary/aromatic N) is 6. The van der Waals surface area contributed by atoms with Crippen molar-refractivity contribution in [2.45, 2.75) is 52.3 Å². The molecule has 4 rings (SSSR count). The molecular weight excluding hydrogens is 501 g/mol. The van der Waals surface area contributed by atoms with Crippen molar-refractivity contribution in [3.63, 3.8) is 0 Å². The largest absolute Gasteiger partial charge is 0.421 e. The SMILES string of the molecule is Cc1nn(C2CCN(C)CC2)cc1Nc1ncc(C(F)(F)F)c(NCCCN2CCOCC(C)(C)C2=O)n1. The third-order valence-electron chi connectivity index (χ3n) is 7.05.